The molecule has 0 aromatic heterocycles. The highest BCUT2D eigenvalue weighted by atomic mass is 16.5. The molecule has 0 spiro atoms. The Labute approximate surface area is 127 Å². The van der Waals surface area contributed by atoms with E-state index in [1.165, 1.54) is 39.2 Å². The molecule has 0 radical (unpaired) electrons. The van der Waals surface area contributed by atoms with E-state index < -0.39 is 5.97 Å². The fourth-order valence-corrected chi connectivity index (χ4v) is 2.20. The minimum atomic E-state index is -0.430. The van der Waals surface area contributed by atoms with E-state index in [4.69, 9.17) is 15.2 Å². The van der Waals surface area contributed by atoms with E-state index in [1.54, 1.807) is 6.07 Å². The third-order valence-corrected chi connectivity index (χ3v) is 3.53. The van der Waals surface area contributed by atoms with Crippen molar-refractivity contribution in [2.24, 2.45) is 0 Å². The number of ether oxygens (including phenoxy) is 2. The van der Waals surface area contributed by atoms with Crippen molar-refractivity contribution in [3.8, 4) is 5.75 Å². The van der Waals surface area contributed by atoms with Gasteiger partial charge < -0.3 is 15.2 Å². The number of nitrogens with two attached hydrogens (primary N) is 1. The van der Waals surface area contributed by atoms with E-state index in [-0.39, 0.29) is 0 Å². The zero-order valence-electron chi connectivity index (χ0n) is 13.4. The van der Waals surface area contributed by atoms with E-state index in [1.807, 2.05) is 13.0 Å². The van der Waals surface area contributed by atoms with Crippen LogP contribution in [0.15, 0.2) is 12.1 Å². The zero-order valence-corrected chi connectivity index (χ0v) is 13.4. The fourth-order valence-electron chi connectivity index (χ4n) is 2.20. The van der Waals surface area contributed by atoms with Gasteiger partial charge in [-0.05, 0) is 31.0 Å². The Hall–Kier alpha value is -1.71. The molecule has 0 bridgehead atoms. The largest absolute Gasteiger partial charge is 0.494 e. The maximum atomic E-state index is 11.7. The van der Waals surface area contributed by atoms with Crippen LogP contribution in [0.2, 0.25) is 0 Å². The molecule has 0 aliphatic rings. The summed E-state index contributed by atoms with van der Waals surface area (Å²) in [7, 11) is 1.35. The summed E-state index contributed by atoms with van der Waals surface area (Å²) in [5, 5.41) is 0. The number of rotatable bonds is 9. The van der Waals surface area contributed by atoms with Crippen LogP contribution in [0.1, 0.15) is 61.4 Å². The molecule has 0 saturated heterocycles. The van der Waals surface area contributed by atoms with Crippen LogP contribution in [-0.4, -0.2) is 19.7 Å². The minimum Gasteiger partial charge on any atom is -0.494 e. The first-order valence-electron chi connectivity index (χ1n) is 7.71. The van der Waals surface area contributed by atoms with Gasteiger partial charge in [0.15, 0.2) is 0 Å². The first-order valence-corrected chi connectivity index (χ1v) is 7.71. The van der Waals surface area contributed by atoms with Crippen molar-refractivity contribution in [1.29, 1.82) is 0 Å². The van der Waals surface area contributed by atoms with Gasteiger partial charge in [0.1, 0.15) is 5.75 Å². The first kappa shape index (κ1) is 17.3. The normalized spacial score (nSPS) is 10.4. The van der Waals surface area contributed by atoms with Gasteiger partial charge in [0.05, 0.1) is 19.3 Å². The predicted molar refractivity (Wildman–Crippen MR) is 85.8 cm³/mol. The first-order chi connectivity index (χ1) is 10.1. The van der Waals surface area contributed by atoms with E-state index in [0.29, 0.717) is 23.6 Å². The second kappa shape index (κ2) is 9.27. The second-order valence-electron chi connectivity index (χ2n) is 5.31. The van der Waals surface area contributed by atoms with Crippen LogP contribution in [0.4, 0.5) is 5.69 Å². The van der Waals surface area contributed by atoms with Gasteiger partial charge >= 0.3 is 5.97 Å². The van der Waals surface area contributed by atoms with Gasteiger partial charge in [-0.25, -0.2) is 4.79 Å². The lowest BCUT2D eigenvalue weighted by Crippen LogP contribution is -2.08. The highest BCUT2D eigenvalue weighted by molar-refractivity contribution is 5.96. The molecule has 2 N–H and O–H groups in total. The summed E-state index contributed by atoms with van der Waals surface area (Å²) in [4.78, 5) is 11.7. The number of hydrogen-bond donors (Lipinski definition) is 1. The average molecular weight is 293 g/mol. The lowest BCUT2D eigenvalue weighted by Gasteiger charge is -2.11. The number of esters is 1. The van der Waals surface area contributed by atoms with Crippen LogP contribution in [-0.2, 0) is 4.74 Å². The summed E-state index contributed by atoms with van der Waals surface area (Å²) >= 11 is 0. The van der Waals surface area contributed by atoms with Crippen molar-refractivity contribution in [2.45, 2.75) is 52.4 Å². The monoisotopic (exact) mass is 293 g/mol. The number of anilines is 1. The number of methoxy groups -OCH3 is 1. The van der Waals surface area contributed by atoms with Crippen LogP contribution < -0.4 is 10.5 Å². The highest BCUT2D eigenvalue weighted by Gasteiger charge is 2.13. The standard InChI is InChI=1S/C17H27NO3/c1-4-5-6-7-8-9-10-21-14-11-13(2)16(18)15(12-14)17(19)20-3/h11-12H,4-10,18H2,1-3H3. The zero-order chi connectivity index (χ0) is 15.7. The summed E-state index contributed by atoms with van der Waals surface area (Å²) in [6.07, 6.45) is 7.33. The van der Waals surface area contributed by atoms with Crippen molar-refractivity contribution in [3.63, 3.8) is 0 Å². The molecule has 4 nitrogen and oxygen atoms in total. The van der Waals surface area contributed by atoms with E-state index in [9.17, 15) is 4.79 Å². The minimum absolute atomic E-state index is 0.371. The average Bonchev–Trinajstić information content (AvgIpc) is 2.48. The molecule has 1 rings (SSSR count). The number of hydrogen-bond acceptors (Lipinski definition) is 4. The molecule has 0 saturated carbocycles. The molecule has 0 fully saturated rings. The van der Waals surface area contributed by atoms with Crippen molar-refractivity contribution >= 4 is 11.7 Å². The van der Waals surface area contributed by atoms with Gasteiger partial charge in [-0.2, -0.15) is 0 Å². The Morgan fingerprint density at radius 2 is 1.81 bits per heavy atom. The van der Waals surface area contributed by atoms with Crippen LogP contribution in [0, 0.1) is 6.92 Å². The lowest BCUT2D eigenvalue weighted by molar-refractivity contribution is 0.0601. The van der Waals surface area contributed by atoms with Crippen molar-refractivity contribution < 1.29 is 14.3 Å². The Bertz CT molecular complexity index is 458. The third-order valence-electron chi connectivity index (χ3n) is 3.53. The van der Waals surface area contributed by atoms with Gasteiger partial charge in [-0.15, -0.1) is 0 Å². The Morgan fingerprint density at radius 3 is 2.48 bits per heavy atom. The van der Waals surface area contributed by atoms with E-state index >= 15 is 0 Å². The van der Waals surface area contributed by atoms with Crippen LogP contribution >= 0.6 is 0 Å². The van der Waals surface area contributed by atoms with Gasteiger partial charge in [0.2, 0.25) is 0 Å². The molecule has 0 aliphatic heterocycles. The van der Waals surface area contributed by atoms with Crippen LogP contribution in [0.5, 0.6) is 5.75 Å². The molecule has 0 atom stereocenters. The lowest BCUT2D eigenvalue weighted by atomic mass is 10.1. The van der Waals surface area contributed by atoms with Gasteiger partial charge in [0.25, 0.3) is 0 Å². The van der Waals surface area contributed by atoms with Crippen LogP contribution in [0.3, 0.4) is 0 Å². The molecule has 21 heavy (non-hydrogen) atoms. The molecule has 1 aromatic rings. The highest BCUT2D eigenvalue weighted by Crippen LogP contribution is 2.25. The van der Waals surface area contributed by atoms with E-state index in [2.05, 4.69) is 6.92 Å². The smallest absolute Gasteiger partial charge is 0.340 e. The molecule has 0 unspecified atom stereocenters. The number of benzene rings is 1. The molecule has 0 amide bonds. The summed E-state index contributed by atoms with van der Waals surface area (Å²) in [5.41, 5.74) is 7.55. The molecule has 0 aliphatic carbocycles. The number of aryl methyl sites for hydroxylation is 1. The van der Waals surface area contributed by atoms with Gasteiger partial charge in [-0.3, -0.25) is 0 Å². The van der Waals surface area contributed by atoms with Gasteiger partial charge in [0, 0.05) is 5.69 Å². The number of unbranched alkanes of at least 4 members (excludes halogenated alkanes) is 5. The SMILES string of the molecule is CCCCCCCCOc1cc(C)c(N)c(C(=O)OC)c1. The molecular formula is C17H27NO3. The van der Waals surface area contributed by atoms with E-state index in [0.717, 1.165) is 12.0 Å². The number of carbonyl (C=O) groups excluding carboxylic acids is 1. The summed E-state index contributed by atoms with van der Waals surface area (Å²) in [6, 6.07) is 3.52. The summed E-state index contributed by atoms with van der Waals surface area (Å²) < 4.78 is 10.5. The Balaban J connectivity index is 2.48. The Morgan fingerprint density at radius 1 is 1.14 bits per heavy atom. The predicted octanol–water partition coefficient (Wildman–Crippen LogP) is 4.10. The molecule has 118 valence electrons. The third kappa shape index (κ3) is 5.66. The van der Waals surface area contributed by atoms with Gasteiger partial charge in [-0.1, -0.05) is 39.0 Å². The molecule has 1 aromatic carbocycles. The Kier molecular flexibility index (Phi) is 7.65. The molecule has 4 heteroatoms. The van der Waals surface area contributed by atoms with Crippen molar-refractivity contribution in [1.82, 2.24) is 0 Å². The summed E-state index contributed by atoms with van der Waals surface area (Å²) in [5.74, 6) is 0.247. The second-order valence-corrected chi connectivity index (χ2v) is 5.31. The maximum Gasteiger partial charge on any atom is 0.340 e. The molecular weight excluding hydrogens is 266 g/mol. The maximum absolute atomic E-state index is 11.7. The fraction of sp³-hybridized carbons (Fsp3) is 0.588. The number of carbonyl (C=O) groups is 1. The van der Waals surface area contributed by atoms with Crippen LogP contribution in [0.25, 0.3) is 0 Å². The number of nitrogen functional groups attached to an aromatic ring is 1. The summed E-state index contributed by atoms with van der Waals surface area (Å²) in [6.45, 7) is 4.74. The van der Waals surface area contributed by atoms with Crippen molar-refractivity contribution in [2.75, 3.05) is 19.5 Å². The van der Waals surface area contributed by atoms with Crippen molar-refractivity contribution in [3.05, 3.63) is 23.3 Å². The topological polar surface area (TPSA) is 61.5 Å². The quantitative estimate of drug-likeness (QED) is 0.423. The molecule has 0 heterocycles.